The first-order valence-electron chi connectivity index (χ1n) is 5.03. The molecule has 0 bridgehead atoms. The van der Waals surface area contributed by atoms with Crippen LogP contribution in [0.5, 0.6) is 11.5 Å². The Hall–Kier alpha value is -1.26. The van der Waals surface area contributed by atoms with E-state index in [0.717, 1.165) is 25.2 Å². The van der Waals surface area contributed by atoms with Crippen LogP contribution in [0.25, 0.3) is 0 Å². The summed E-state index contributed by atoms with van der Waals surface area (Å²) in [5, 5.41) is 9.42. The SMILES string of the molecule is COc1cc(CN2CC(N)C2)ccc1O. The van der Waals surface area contributed by atoms with E-state index in [2.05, 4.69) is 4.90 Å². The standard InChI is InChI=1S/C11H16N2O2/c1-15-11-4-8(2-3-10(11)14)5-13-6-9(12)7-13/h2-4,9,14H,5-7,12H2,1H3. The topological polar surface area (TPSA) is 58.7 Å². The van der Waals surface area contributed by atoms with Gasteiger partial charge in [0.2, 0.25) is 0 Å². The number of rotatable bonds is 3. The monoisotopic (exact) mass is 208 g/mol. The molecule has 82 valence electrons. The maximum absolute atomic E-state index is 9.42. The van der Waals surface area contributed by atoms with Crippen molar-refractivity contribution in [1.82, 2.24) is 4.90 Å². The minimum atomic E-state index is 0.182. The molecule has 4 heteroatoms. The third kappa shape index (κ3) is 2.22. The molecule has 0 amide bonds. The lowest BCUT2D eigenvalue weighted by Crippen LogP contribution is -2.54. The van der Waals surface area contributed by atoms with E-state index in [4.69, 9.17) is 10.5 Å². The van der Waals surface area contributed by atoms with Crippen LogP contribution in [-0.4, -0.2) is 36.2 Å². The summed E-state index contributed by atoms with van der Waals surface area (Å²) in [5.74, 6) is 0.707. The fraction of sp³-hybridized carbons (Fsp3) is 0.455. The molecular formula is C11H16N2O2. The van der Waals surface area contributed by atoms with Crippen molar-refractivity contribution >= 4 is 0 Å². The molecule has 1 heterocycles. The molecule has 15 heavy (non-hydrogen) atoms. The number of methoxy groups -OCH3 is 1. The van der Waals surface area contributed by atoms with Crippen molar-refractivity contribution in [2.24, 2.45) is 5.73 Å². The van der Waals surface area contributed by atoms with Gasteiger partial charge >= 0.3 is 0 Å². The van der Waals surface area contributed by atoms with Crippen LogP contribution < -0.4 is 10.5 Å². The van der Waals surface area contributed by atoms with Gasteiger partial charge in [-0.05, 0) is 17.7 Å². The van der Waals surface area contributed by atoms with Gasteiger partial charge in [0, 0.05) is 25.7 Å². The Bertz CT molecular complexity index is 348. The largest absolute Gasteiger partial charge is 0.504 e. The normalized spacial score (nSPS) is 17.5. The Labute approximate surface area is 89.3 Å². The zero-order chi connectivity index (χ0) is 10.8. The van der Waals surface area contributed by atoms with Crippen LogP contribution in [-0.2, 0) is 6.54 Å². The zero-order valence-corrected chi connectivity index (χ0v) is 8.81. The highest BCUT2D eigenvalue weighted by molar-refractivity contribution is 5.41. The van der Waals surface area contributed by atoms with E-state index in [-0.39, 0.29) is 5.75 Å². The molecule has 1 saturated heterocycles. The smallest absolute Gasteiger partial charge is 0.160 e. The average Bonchev–Trinajstić information content (AvgIpc) is 2.18. The highest BCUT2D eigenvalue weighted by atomic mass is 16.5. The number of phenols is 1. The van der Waals surface area contributed by atoms with Crippen LogP contribution in [0.15, 0.2) is 18.2 Å². The van der Waals surface area contributed by atoms with E-state index in [0.29, 0.717) is 11.8 Å². The molecule has 1 aromatic rings. The molecule has 0 saturated carbocycles. The van der Waals surface area contributed by atoms with Crippen LogP contribution >= 0.6 is 0 Å². The Morgan fingerprint density at radius 1 is 1.53 bits per heavy atom. The van der Waals surface area contributed by atoms with E-state index >= 15 is 0 Å². The predicted octanol–water partition coefficient (Wildman–Crippen LogP) is 0.544. The molecule has 2 rings (SSSR count). The molecule has 0 aliphatic carbocycles. The Balaban J connectivity index is 2.02. The molecule has 3 N–H and O–H groups in total. The summed E-state index contributed by atoms with van der Waals surface area (Å²) in [4.78, 5) is 2.26. The number of likely N-dealkylation sites (tertiary alicyclic amines) is 1. The summed E-state index contributed by atoms with van der Waals surface area (Å²) in [6.45, 7) is 2.76. The predicted molar refractivity (Wildman–Crippen MR) is 57.9 cm³/mol. The van der Waals surface area contributed by atoms with Gasteiger partial charge in [-0.25, -0.2) is 0 Å². The maximum Gasteiger partial charge on any atom is 0.160 e. The summed E-state index contributed by atoms with van der Waals surface area (Å²) in [6.07, 6.45) is 0. The Kier molecular flexibility index (Phi) is 2.79. The third-order valence-electron chi connectivity index (χ3n) is 2.64. The Morgan fingerprint density at radius 2 is 2.27 bits per heavy atom. The number of ether oxygens (including phenoxy) is 1. The van der Waals surface area contributed by atoms with Gasteiger partial charge in [0.05, 0.1) is 7.11 Å². The van der Waals surface area contributed by atoms with Crippen LogP contribution in [0.3, 0.4) is 0 Å². The molecule has 0 unspecified atom stereocenters. The van der Waals surface area contributed by atoms with E-state index in [1.165, 1.54) is 0 Å². The molecule has 0 spiro atoms. The van der Waals surface area contributed by atoms with Crippen LogP contribution in [0.4, 0.5) is 0 Å². The first-order valence-corrected chi connectivity index (χ1v) is 5.03. The van der Waals surface area contributed by atoms with Crippen molar-refractivity contribution in [3.8, 4) is 11.5 Å². The van der Waals surface area contributed by atoms with Crippen molar-refractivity contribution in [2.75, 3.05) is 20.2 Å². The molecule has 1 aromatic carbocycles. The minimum absolute atomic E-state index is 0.182. The lowest BCUT2D eigenvalue weighted by atomic mass is 10.1. The second kappa shape index (κ2) is 4.08. The number of benzene rings is 1. The van der Waals surface area contributed by atoms with Gasteiger partial charge in [-0.3, -0.25) is 4.90 Å². The van der Waals surface area contributed by atoms with Crippen LogP contribution in [0.2, 0.25) is 0 Å². The second-order valence-electron chi connectivity index (χ2n) is 3.96. The third-order valence-corrected chi connectivity index (χ3v) is 2.64. The molecule has 0 aromatic heterocycles. The summed E-state index contributed by atoms with van der Waals surface area (Å²) in [6, 6.07) is 5.75. The second-order valence-corrected chi connectivity index (χ2v) is 3.96. The summed E-state index contributed by atoms with van der Waals surface area (Å²) < 4.78 is 5.05. The van der Waals surface area contributed by atoms with Crippen LogP contribution in [0.1, 0.15) is 5.56 Å². The van der Waals surface area contributed by atoms with Crippen molar-refractivity contribution < 1.29 is 9.84 Å². The van der Waals surface area contributed by atoms with Crippen LogP contribution in [0, 0.1) is 0 Å². The van der Waals surface area contributed by atoms with E-state index in [9.17, 15) is 5.11 Å². The van der Waals surface area contributed by atoms with Crippen molar-refractivity contribution in [2.45, 2.75) is 12.6 Å². The van der Waals surface area contributed by atoms with E-state index < -0.39 is 0 Å². The summed E-state index contributed by atoms with van der Waals surface area (Å²) >= 11 is 0. The van der Waals surface area contributed by atoms with Gasteiger partial charge in [0.1, 0.15) is 0 Å². The van der Waals surface area contributed by atoms with Gasteiger partial charge in [0.15, 0.2) is 11.5 Å². The zero-order valence-electron chi connectivity index (χ0n) is 8.81. The van der Waals surface area contributed by atoms with Crippen molar-refractivity contribution in [1.29, 1.82) is 0 Å². The molecule has 1 aliphatic rings. The maximum atomic E-state index is 9.42. The molecule has 1 fully saturated rings. The number of phenolic OH excluding ortho intramolecular Hbond substituents is 1. The fourth-order valence-electron chi connectivity index (χ4n) is 1.82. The number of hydrogen-bond donors (Lipinski definition) is 2. The minimum Gasteiger partial charge on any atom is -0.504 e. The van der Waals surface area contributed by atoms with E-state index in [1.54, 1.807) is 13.2 Å². The summed E-state index contributed by atoms with van der Waals surface area (Å²) in [5.41, 5.74) is 6.83. The lowest BCUT2D eigenvalue weighted by Gasteiger charge is -2.36. The molecule has 1 aliphatic heterocycles. The van der Waals surface area contributed by atoms with Crippen molar-refractivity contribution in [3.63, 3.8) is 0 Å². The first-order chi connectivity index (χ1) is 7.19. The highest BCUT2D eigenvalue weighted by Crippen LogP contribution is 2.27. The quantitative estimate of drug-likeness (QED) is 0.761. The average molecular weight is 208 g/mol. The molecule has 0 radical (unpaired) electrons. The van der Waals surface area contributed by atoms with Gasteiger partial charge in [0.25, 0.3) is 0 Å². The number of hydrogen-bond acceptors (Lipinski definition) is 4. The molecule has 0 atom stereocenters. The van der Waals surface area contributed by atoms with E-state index in [1.807, 2.05) is 12.1 Å². The molecular weight excluding hydrogens is 192 g/mol. The lowest BCUT2D eigenvalue weighted by molar-refractivity contribution is 0.142. The summed E-state index contributed by atoms with van der Waals surface area (Å²) in [7, 11) is 1.55. The highest BCUT2D eigenvalue weighted by Gasteiger charge is 2.22. The number of nitrogens with zero attached hydrogens (tertiary/aromatic N) is 1. The number of nitrogens with two attached hydrogens (primary N) is 1. The van der Waals surface area contributed by atoms with Gasteiger partial charge < -0.3 is 15.6 Å². The molecule has 4 nitrogen and oxygen atoms in total. The fourth-order valence-corrected chi connectivity index (χ4v) is 1.82. The van der Waals surface area contributed by atoms with Gasteiger partial charge in [-0.1, -0.05) is 6.07 Å². The number of aromatic hydroxyl groups is 1. The van der Waals surface area contributed by atoms with Gasteiger partial charge in [-0.15, -0.1) is 0 Å². The Morgan fingerprint density at radius 3 is 2.87 bits per heavy atom. The first kappa shape index (κ1) is 10.3. The van der Waals surface area contributed by atoms with Crippen molar-refractivity contribution in [3.05, 3.63) is 23.8 Å². The van der Waals surface area contributed by atoms with Gasteiger partial charge in [-0.2, -0.15) is 0 Å².